The summed E-state index contributed by atoms with van der Waals surface area (Å²) in [6.07, 6.45) is 2.92. The molecule has 0 atom stereocenters. The maximum absolute atomic E-state index is 14.8. The molecule has 0 aliphatic heterocycles. The van der Waals surface area contributed by atoms with Crippen LogP contribution in [0.3, 0.4) is 0 Å². The van der Waals surface area contributed by atoms with Crippen molar-refractivity contribution in [3.05, 3.63) is 16.4 Å². The number of alkyl halides is 1. The highest BCUT2D eigenvalue weighted by Gasteiger charge is 2.36. The monoisotopic (exact) mass is 273 g/mol. The van der Waals surface area contributed by atoms with E-state index in [1.54, 1.807) is 0 Å². The van der Waals surface area contributed by atoms with E-state index in [0.29, 0.717) is 24.3 Å². The van der Waals surface area contributed by atoms with E-state index < -0.39 is 5.67 Å². The minimum atomic E-state index is -1.17. The van der Waals surface area contributed by atoms with Gasteiger partial charge in [0.15, 0.2) is 0 Å². The summed E-state index contributed by atoms with van der Waals surface area (Å²) in [5.41, 5.74) is 6.27. The third kappa shape index (κ3) is 2.69. The Morgan fingerprint density at radius 2 is 2.11 bits per heavy atom. The zero-order chi connectivity index (χ0) is 13.3. The van der Waals surface area contributed by atoms with Gasteiger partial charge in [-0.1, -0.05) is 11.6 Å². The SMILES string of the molecule is CCn1nc(C)c(Cl)c1CC1(F)CCC(N)CC1. The van der Waals surface area contributed by atoms with Gasteiger partial charge >= 0.3 is 0 Å². The maximum Gasteiger partial charge on any atom is 0.116 e. The van der Waals surface area contributed by atoms with Crippen LogP contribution in [-0.2, 0) is 13.0 Å². The van der Waals surface area contributed by atoms with Gasteiger partial charge in [0.05, 0.1) is 16.4 Å². The van der Waals surface area contributed by atoms with Crippen molar-refractivity contribution in [2.75, 3.05) is 0 Å². The van der Waals surface area contributed by atoms with Crippen molar-refractivity contribution in [2.24, 2.45) is 5.73 Å². The molecule has 5 heteroatoms. The average molecular weight is 274 g/mol. The lowest BCUT2D eigenvalue weighted by Gasteiger charge is -2.32. The van der Waals surface area contributed by atoms with Crippen LogP contribution < -0.4 is 5.73 Å². The van der Waals surface area contributed by atoms with Crippen molar-refractivity contribution in [1.29, 1.82) is 0 Å². The normalized spacial score (nSPS) is 28.6. The molecule has 102 valence electrons. The van der Waals surface area contributed by atoms with Gasteiger partial charge in [-0.3, -0.25) is 4.68 Å². The van der Waals surface area contributed by atoms with Crippen LogP contribution in [0.25, 0.3) is 0 Å². The summed E-state index contributed by atoms with van der Waals surface area (Å²) in [4.78, 5) is 0. The molecule has 2 rings (SSSR count). The second-order valence-electron chi connectivity index (χ2n) is 5.33. The van der Waals surface area contributed by atoms with Gasteiger partial charge in [0.2, 0.25) is 0 Å². The first kappa shape index (κ1) is 13.8. The van der Waals surface area contributed by atoms with Crippen molar-refractivity contribution in [3.8, 4) is 0 Å². The topological polar surface area (TPSA) is 43.8 Å². The molecular formula is C13H21ClFN3. The molecule has 1 aliphatic rings. The van der Waals surface area contributed by atoms with Crippen LogP contribution in [-0.4, -0.2) is 21.5 Å². The molecule has 1 aliphatic carbocycles. The van der Waals surface area contributed by atoms with Crippen molar-refractivity contribution in [1.82, 2.24) is 9.78 Å². The van der Waals surface area contributed by atoms with Crippen LogP contribution in [0.5, 0.6) is 0 Å². The van der Waals surface area contributed by atoms with E-state index in [-0.39, 0.29) is 6.04 Å². The number of nitrogens with two attached hydrogens (primary N) is 1. The fourth-order valence-electron chi connectivity index (χ4n) is 2.67. The lowest BCUT2D eigenvalue weighted by Crippen LogP contribution is -2.37. The van der Waals surface area contributed by atoms with E-state index in [1.165, 1.54) is 0 Å². The summed E-state index contributed by atoms with van der Waals surface area (Å²) in [7, 11) is 0. The maximum atomic E-state index is 14.8. The van der Waals surface area contributed by atoms with Crippen LogP contribution in [0.2, 0.25) is 5.02 Å². The third-order valence-electron chi connectivity index (χ3n) is 3.86. The second kappa shape index (κ2) is 5.17. The molecule has 0 saturated heterocycles. The van der Waals surface area contributed by atoms with Crippen molar-refractivity contribution >= 4 is 11.6 Å². The van der Waals surface area contributed by atoms with Gasteiger partial charge in [0.25, 0.3) is 0 Å². The summed E-state index contributed by atoms with van der Waals surface area (Å²) in [6.45, 7) is 4.58. The highest BCUT2D eigenvalue weighted by Crippen LogP contribution is 2.36. The molecule has 1 saturated carbocycles. The Morgan fingerprint density at radius 3 is 2.67 bits per heavy atom. The molecule has 0 radical (unpaired) electrons. The van der Waals surface area contributed by atoms with E-state index in [2.05, 4.69) is 5.10 Å². The third-order valence-corrected chi connectivity index (χ3v) is 4.36. The molecule has 1 fully saturated rings. The Labute approximate surface area is 112 Å². The summed E-state index contributed by atoms with van der Waals surface area (Å²) in [5, 5.41) is 4.95. The van der Waals surface area contributed by atoms with Gasteiger partial charge < -0.3 is 5.73 Å². The lowest BCUT2D eigenvalue weighted by molar-refractivity contribution is 0.0970. The Morgan fingerprint density at radius 1 is 1.50 bits per heavy atom. The van der Waals surface area contributed by atoms with E-state index in [9.17, 15) is 4.39 Å². The second-order valence-corrected chi connectivity index (χ2v) is 5.70. The lowest BCUT2D eigenvalue weighted by atomic mass is 9.81. The zero-order valence-electron chi connectivity index (χ0n) is 11.0. The highest BCUT2D eigenvalue weighted by atomic mass is 35.5. The predicted molar refractivity (Wildman–Crippen MR) is 71.6 cm³/mol. The predicted octanol–water partition coefficient (Wildman–Crippen LogP) is 3.02. The minimum Gasteiger partial charge on any atom is -0.328 e. The highest BCUT2D eigenvalue weighted by molar-refractivity contribution is 6.31. The number of rotatable bonds is 3. The van der Waals surface area contributed by atoms with Crippen molar-refractivity contribution in [2.45, 2.75) is 64.2 Å². The summed E-state index contributed by atoms with van der Waals surface area (Å²) in [6, 6.07) is 0.155. The van der Waals surface area contributed by atoms with Crippen LogP contribution in [0.15, 0.2) is 0 Å². The largest absolute Gasteiger partial charge is 0.328 e. The zero-order valence-corrected chi connectivity index (χ0v) is 11.8. The Kier molecular flexibility index (Phi) is 3.97. The van der Waals surface area contributed by atoms with Gasteiger partial charge in [0, 0.05) is 19.0 Å². The molecule has 0 unspecified atom stereocenters. The average Bonchev–Trinajstić information content (AvgIpc) is 2.61. The standard InChI is InChI=1S/C13H21ClFN3/c1-3-18-11(12(14)9(2)17-18)8-13(15)6-4-10(16)5-7-13/h10H,3-8,16H2,1-2H3. The number of halogens is 2. The summed E-state index contributed by atoms with van der Waals surface area (Å²) in [5.74, 6) is 0. The minimum absolute atomic E-state index is 0.155. The molecule has 2 N–H and O–H groups in total. The first-order valence-corrected chi connectivity index (χ1v) is 6.99. The molecule has 1 heterocycles. The van der Waals surface area contributed by atoms with E-state index in [1.807, 2.05) is 18.5 Å². The van der Waals surface area contributed by atoms with Gasteiger partial charge in [0.1, 0.15) is 5.67 Å². The van der Waals surface area contributed by atoms with Gasteiger partial charge in [-0.05, 0) is 39.5 Å². The molecule has 18 heavy (non-hydrogen) atoms. The van der Waals surface area contributed by atoms with Crippen LogP contribution in [0.4, 0.5) is 4.39 Å². The number of hydrogen-bond acceptors (Lipinski definition) is 2. The molecule has 0 spiro atoms. The fraction of sp³-hybridized carbons (Fsp3) is 0.769. The van der Waals surface area contributed by atoms with Gasteiger partial charge in [-0.15, -0.1) is 0 Å². The van der Waals surface area contributed by atoms with Crippen LogP contribution in [0.1, 0.15) is 44.0 Å². The van der Waals surface area contributed by atoms with Crippen molar-refractivity contribution in [3.63, 3.8) is 0 Å². The molecule has 1 aromatic heterocycles. The molecule has 0 aromatic carbocycles. The number of hydrogen-bond donors (Lipinski definition) is 1. The molecular weight excluding hydrogens is 253 g/mol. The molecule has 1 aromatic rings. The molecule has 3 nitrogen and oxygen atoms in total. The van der Waals surface area contributed by atoms with Crippen molar-refractivity contribution < 1.29 is 4.39 Å². The summed E-state index contributed by atoms with van der Waals surface area (Å²) < 4.78 is 16.6. The Balaban J connectivity index is 2.18. The number of aryl methyl sites for hydroxylation is 2. The van der Waals surface area contributed by atoms with Crippen LogP contribution >= 0.6 is 11.6 Å². The smallest absolute Gasteiger partial charge is 0.116 e. The quantitative estimate of drug-likeness (QED) is 0.920. The first-order chi connectivity index (χ1) is 8.45. The first-order valence-electron chi connectivity index (χ1n) is 6.61. The fourth-order valence-corrected chi connectivity index (χ4v) is 2.87. The molecule has 0 bridgehead atoms. The van der Waals surface area contributed by atoms with Gasteiger partial charge in [-0.25, -0.2) is 4.39 Å². The van der Waals surface area contributed by atoms with E-state index in [4.69, 9.17) is 17.3 Å². The molecule has 0 amide bonds. The number of aromatic nitrogens is 2. The van der Waals surface area contributed by atoms with Gasteiger partial charge in [-0.2, -0.15) is 5.10 Å². The van der Waals surface area contributed by atoms with E-state index >= 15 is 0 Å². The van der Waals surface area contributed by atoms with Crippen LogP contribution in [0, 0.1) is 6.92 Å². The summed E-state index contributed by atoms with van der Waals surface area (Å²) >= 11 is 6.23. The number of nitrogens with zero attached hydrogens (tertiary/aromatic N) is 2. The Hall–Kier alpha value is -0.610. The van der Waals surface area contributed by atoms with E-state index in [0.717, 1.165) is 30.8 Å². The Bertz CT molecular complexity index is 422.